The van der Waals surface area contributed by atoms with Crippen molar-refractivity contribution in [1.29, 1.82) is 0 Å². The van der Waals surface area contributed by atoms with E-state index in [-0.39, 0.29) is 0 Å². The number of aryl methyl sites for hydroxylation is 2. The number of halogens is 1. The van der Waals surface area contributed by atoms with E-state index in [0.717, 1.165) is 12.0 Å². The zero-order chi connectivity index (χ0) is 13.9. The van der Waals surface area contributed by atoms with Crippen molar-refractivity contribution in [3.05, 3.63) is 41.7 Å². The monoisotopic (exact) mass is 284 g/mol. The lowest BCUT2D eigenvalue weighted by Crippen LogP contribution is -2.68. The van der Waals surface area contributed by atoms with Crippen molar-refractivity contribution < 1.29 is 33.3 Å². The molecule has 0 saturated carbocycles. The van der Waals surface area contributed by atoms with E-state index >= 15 is 0 Å². The Bertz CT molecular complexity index is 514. The van der Waals surface area contributed by atoms with Crippen LogP contribution in [0.5, 0.6) is 0 Å². The standard InChI is InChI=1S/C13H13O.ClHO4/c1-3-7-12-10(5-1)9-11-6-2-4-8-13(11)14-12;2-1(3,4)5/h1,3,5,7,9H,2,4,6,8H2;(H,2,3,4,5)/q+1;/p-1. The highest BCUT2D eigenvalue weighted by Crippen LogP contribution is 2.26. The van der Waals surface area contributed by atoms with Gasteiger partial charge < -0.3 is 0 Å². The van der Waals surface area contributed by atoms with E-state index in [4.69, 9.17) is 23.1 Å². The fraction of sp³-hybridized carbons (Fsp3) is 0.308. The van der Waals surface area contributed by atoms with Crippen LogP contribution in [-0.4, -0.2) is 0 Å². The van der Waals surface area contributed by atoms with E-state index < -0.39 is 10.2 Å². The maximum absolute atomic E-state index is 8.49. The van der Waals surface area contributed by atoms with Gasteiger partial charge in [-0.25, -0.2) is 23.1 Å². The molecule has 3 rings (SSSR count). The number of fused-ring (bicyclic) bond motifs is 2. The first kappa shape index (κ1) is 14.2. The fourth-order valence-corrected chi connectivity index (χ4v) is 2.18. The third-order valence-corrected chi connectivity index (χ3v) is 2.94. The molecule has 1 heterocycles. The summed E-state index contributed by atoms with van der Waals surface area (Å²) < 4.78 is 39.9. The Morgan fingerprint density at radius 1 is 0.947 bits per heavy atom. The predicted molar refractivity (Wildman–Crippen MR) is 57.3 cm³/mol. The third-order valence-electron chi connectivity index (χ3n) is 2.94. The van der Waals surface area contributed by atoms with Crippen molar-refractivity contribution in [1.82, 2.24) is 0 Å². The Kier molecular flexibility index (Phi) is 4.34. The summed E-state index contributed by atoms with van der Waals surface area (Å²) in [5.74, 6) is 1.20. The van der Waals surface area contributed by atoms with Crippen LogP contribution in [0.3, 0.4) is 0 Å². The molecule has 1 aromatic heterocycles. The fourth-order valence-electron chi connectivity index (χ4n) is 2.18. The molecule has 1 aliphatic rings. The van der Waals surface area contributed by atoms with Crippen molar-refractivity contribution in [2.24, 2.45) is 0 Å². The maximum atomic E-state index is 8.49. The van der Waals surface area contributed by atoms with Gasteiger partial charge in [0.05, 0.1) is 17.4 Å². The highest BCUT2D eigenvalue weighted by atomic mass is 35.7. The quantitative estimate of drug-likeness (QED) is 0.567. The van der Waals surface area contributed by atoms with Gasteiger partial charge in [-0.2, -0.15) is 0 Å². The van der Waals surface area contributed by atoms with Crippen LogP contribution in [0, 0.1) is 10.2 Å². The van der Waals surface area contributed by atoms with Gasteiger partial charge in [0, 0.05) is 6.07 Å². The Balaban J connectivity index is 0.000000232. The van der Waals surface area contributed by atoms with E-state index in [9.17, 15) is 0 Å². The van der Waals surface area contributed by atoms with Crippen LogP contribution < -0.4 is 18.6 Å². The van der Waals surface area contributed by atoms with Crippen molar-refractivity contribution in [3.63, 3.8) is 0 Å². The van der Waals surface area contributed by atoms with Crippen LogP contribution >= 0.6 is 0 Å². The van der Waals surface area contributed by atoms with E-state index in [1.54, 1.807) is 0 Å². The molecule has 0 saturated heterocycles. The minimum absolute atomic E-state index is 1.02. The first-order valence-electron chi connectivity index (χ1n) is 5.89. The molecule has 0 unspecified atom stereocenters. The number of rotatable bonds is 0. The molecule has 19 heavy (non-hydrogen) atoms. The summed E-state index contributed by atoms with van der Waals surface area (Å²) in [5, 5.41) is 1.23. The molecule has 0 amide bonds. The van der Waals surface area contributed by atoms with Crippen LogP contribution in [0.25, 0.3) is 11.0 Å². The minimum atomic E-state index is -4.94. The highest BCUT2D eigenvalue weighted by Gasteiger charge is 2.21. The summed E-state index contributed by atoms with van der Waals surface area (Å²) in [6.07, 6.45) is 4.87. The summed E-state index contributed by atoms with van der Waals surface area (Å²) in [5.41, 5.74) is 2.43. The van der Waals surface area contributed by atoms with E-state index in [1.807, 2.05) is 12.1 Å². The summed E-state index contributed by atoms with van der Waals surface area (Å²) in [7, 11) is -4.94. The van der Waals surface area contributed by atoms with Crippen LogP contribution in [0.15, 0.2) is 34.7 Å². The van der Waals surface area contributed by atoms with Crippen molar-refractivity contribution >= 4 is 11.0 Å². The average Bonchev–Trinajstić information content (AvgIpc) is 2.34. The largest absolute Gasteiger partial charge is 0.360 e. The van der Waals surface area contributed by atoms with Gasteiger partial charge in [-0.15, -0.1) is 10.2 Å². The van der Waals surface area contributed by atoms with Gasteiger partial charge in [-0.1, -0.05) is 12.1 Å². The lowest BCUT2D eigenvalue weighted by Gasteiger charge is -2.17. The Hall–Kier alpha value is -1.24. The number of para-hydroxylation sites is 1. The van der Waals surface area contributed by atoms with Crippen molar-refractivity contribution in [2.45, 2.75) is 25.7 Å². The molecule has 2 aromatic rings. The van der Waals surface area contributed by atoms with Gasteiger partial charge in [0.2, 0.25) is 0 Å². The molecular formula is C13H13ClO5. The van der Waals surface area contributed by atoms with Gasteiger partial charge in [0.1, 0.15) is 0 Å². The van der Waals surface area contributed by atoms with E-state index in [2.05, 4.69) is 18.2 Å². The Morgan fingerprint density at radius 3 is 2.32 bits per heavy atom. The smallest absolute Gasteiger partial charge is 0.222 e. The van der Waals surface area contributed by atoms with Gasteiger partial charge >= 0.3 is 11.3 Å². The first-order valence-corrected chi connectivity index (χ1v) is 7.12. The summed E-state index contributed by atoms with van der Waals surface area (Å²) in [6, 6.07) is 10.5. The second kappa shape index (κ2) is 5.81. The summed E-state index contributed by atoms with van der Waals surface area (Å²) in [4.78, 5) is 0. The molecular weight excluding hydrogens is 272 g/mol. The lowest BCUT2D eigenvalue weighted by atomic mass is 9.96. The second-order valence-corrected chi connectivity index (χ2v) is 5.07. The molecule has 0 atom stereocenters. The van der Waals surface area contributed by atoms with Crippen LogP contribution in [-0.2, 0) is 12.8 Å². The molecule has 6 heteroatoms. The maximum Gasteiger partial charge on any atom is 0.360 e. The van der Waals surface area contributed by atoms with Gasteiger partial charge in [0.25, 0.3) is 0 Å². The van der Waals surface area contributed by atoms with Crippen molar-refractivity contribution in [3.8, 4) is 0 Å². The zero-order valence-electron chi connectivity index (χ0n) is 10.1. The Labute approximate surface area is 112 Å². The molecule has 0 fully saturated rings. The normalized spacial score (nSPS) is 14.5. The summed E-state index contributed by atoms with van der Waals surface area (Å²) in [6.45, 7) is 0. The molecule has 0 radical (unpaired) electrons. The second-order valence-electron chi connectivity index (χ2n) is 4.32. The SMILES string of the molecule is [O-][Cl+3]([O-])([O-])[O-].c1ccc2[o+]c3c(cc2c1)CCCC3. The molecule has 0 N–H and O–H groups in total. The molecule has 1 aliphatic carbocycles. The van der Waals surface area contributed by atoms with E-state index in [0.29, 0.717) is 0 Å². The van der Waals surface area contributed by atoms with E-state index in [1.165, 1.54) is 36.0 Å². The predicted octanol–water partition coefficient (Wildman–Crippen LogP) is -1.16. The molecule has 5 nitrogen and oxygen atoms in total. The summed E-state index contributed by atoms with van der Waals surface area (Å²) >= 11 is 0. The molecule has 1 aromatic carbocycles. The molecule has 0 aliphatic heterocycles. The Morgan fingerprint density at radius 2 is 1.58 bits per heavy atom. The molecule has 102 valence electrons. The average molecular weight is 285 g/mol. The minimum Gasteiger partial charge on any atom is -0.222 e. The zero-order valence-corrected chi connectivity index (χ0v) is 10.9. The topological polar surface area (TPSA) is 104 Å². The molecule has 0 spiro atoms. The van der Waals surface area contributed by atoms with Crippen molar-refractivity contribution in [2.75, 3.05) is 0 Å². The van der Waals surface area contributed by atoms with Crippen LogP contribution in [0.4, 0.5) is 0 Å². The number of hydrogen-bond donors (Lipinski definition) is 0. The lowest BCUT2D eigenvalue weighted by molar-refractivity contribution is -2.00. The number of benzene rings is 1. The van der Waals surface area contributed by atoms with Crippen LogP contribution in [0.2, 0.25) is 0 Å². The van der Waals surface area contributed by atoms with Crippen LogP contribution in [0.1, 0.15) is 24.2 Å². The van der Waals surface area contributed by atoms with Gasteiger partial charge in [-0.05, 0) is 31.4 Å². The molecule has 0 bridgehead atoms. The number of hydrogen-bond acceptors (Lipinski definition) is 4. The first-order chi connectivity index (χ1) is 8.93. The van der Waals surface area contributed by atoms with Gasteiger partial charge in [-0.3, -0.25) is 0 Å². The highest BCUT2D eigenvalue weighted by molar-refractivity contribution is 5.77. The van der Waals surface area contributed by atoms with Gasteiger partial charge in [0.15, 0.2) is 0 Å². The third kappa shape index (κ3) is 4.41.